The summed E-state index contributed by atoms with van der Waals surface area (Å²) in [7, 11) is 1.56. The summed E-state index contributed by atoms with van der Waals surface area (Å²) in [5, 5.41) is 16.3. The van der Waals surface area contributed by atoms with E-state index in [2.05, 4.69) is 10.6 Å². The Kier molecular flexibility index (Phi) is 5.07. The molecule has 0 aliphatic carbocycles. The maximum atomic E-state index is 12.4. The van der Waals surface area contributed by atoms with Gasteiger partial charge in [-0.05, 0) is 49.2 Å². The van der Waals surface area contributed by atoms with Crippen molar-refractivity contribution in [2.45, 2.75) is 19.4 Å². The van der Waals surface area contributed by atoms with Crippen molar-refractivity contribution in [1.82, 2.24) is 5.32 Å². The lowest BCUT2D eigenvalue weighted by Gasteiger charge is -2.24. The fourth-order valence-corrected chi connectivity index (χ4v) is 3.24. The third-order valence-electron chi connectivity index (χ3n) is 4.60. The van der Waals surface area contributed by atoms with Gasteiger partial charge in [-0.2, -0.15) is 0 Å². The third kappa shape index (κ3) is 3.89. The van der Waals surface area contributed by atoms with Crippen molar-refractivity contribution < 1.29 is 14.5 Å². The minimum Gasteiger partial charge on any atom is -0.359 e. The number of nitrogens with zero attached hydrogens (tertiary/aromatic N) is 2. The molecule has 0 aromatic heterocycles. The molecule has 2 amide bonds. The third-order valence-corrected chi connectivity index (χ3v) is 4.60. The van der Waals surface area contributed by atoms with Crippen LogP contribution in [0.25, 0.3) is 0 Å². The molecule has 2 aromatic carbocycles. The molecule has 0 fully saturated rings. The number of carbonyl (C=O) groups is 2. The predicted octanol–water partition coefficient (Wildman–Crippen LogP) is 2.34. The summed E-state index contributed by atoms with van der Waals surface area (Å²) >= 11 is 0. The van der Waals surface area contributed by atoms with Crippen molar-refractivity contribution in [1.29, 1.82) is 0 Å². The van der Waals surface area contributed by atoms with Gasteiger partial charge in [0, 0.05) is 42.2 Å². The number of nitro benzene ring substituents is 1. The first-order valence-electron chi connectivity index (χ1n) is 8.55. The second kappa shape index (κ2) is 7.45. The van der Waals surface area contributed by atoms with Crippen LogP contribution in [0, 0.1) is 10.1 Å². The normalized spacial score (nSPS) is 15.2. The summed E-state index contributed by atoms with van der Waals surface area (Å²) in [5.41, 5.74) is 2.89. The molecule has 0 saturated carbocycles. The first kappa shape index (κ1) is 18.4. The number of carbonyl (C=O) groups excluding carboxylic acids is 2. The van der Waals surface area contributed by atoms with E-state index in [0.717, 1.165) is 11.3 Å². The minimum atomic E-state index is -0.414. The van der Waals surface area contributed by atoms with Crippen LogP contribution in [0.5, 0.6) is 0 Å². The van der Waals surface area contributed by atoms with Gasteiger partial charge in [0.15, 0.2) is 0 Å². The van der Waals surface area contributed by atoms with Gasteiger partial charge in [-0.15, -0.1) is 0 Å². The molecule has 1 aliphatic rings. The second-order valence-electron chi connectivity index (χ2n) is 6.46. The molecule has 1 heterocycles. The Morgan fingerprint density at radius 2 is 1.93 bits per heavy atom. The molecule has 8 heteroatoms. The second-order valence-corrected chi connectivity index (χ2v) is 6.46. The zero-order valence-electron chi connectivity index (χ0n) is 15.1. The first-order valence-corrected chi connectivity index (χ1v) is 8.55. The maximum Gasteiger partial charge on any atom is 0.269 e. The van der Waals surface area contributed by atoms with Crippen LogP contribution >= 0.6 is 0 Å². The average Bonchev–Trinajstić information content (AvgIpc) is 2.96. The maximum absolute atomic E-state index is 12.4. The van der Waals surface area contributed by atoms with Gasteiger partial charge in [0.1, 0.15) is 0 Å². The van der Waals surface area contributed by atoms with Gasteiger partial charge in [-0.25, -0.2) is 0 Å². The molecule has 0 bridgehead atoms. The van der Waals surface area contributed by atoms with E-state index >= 15 is 0 Å². The van der Waals surface area contributed by atoms with Crippen LogP contribution in [0.15, 0.2) is 42.5 Å². The summed E-state index contributed by atoms with van der Waals surface area (Å²) in [6.45, 7) is 2.13. The van der Waals surface area contributed by atoms with E-state index in [1.807, 2.05) is 11.8 Å². The number of hydrogen-bond acceptors (Lipinski definition) is 5. The van der Waals surface area contributed by atoms with E-state index in [9.17, 15) is 19.7 Å². The molecule has 1 aliphatic heterocycles. The predicted molar refractivity (Wildman–Crippen MR) is 102 cm³/mol. The Bertz CT molecular complexity index is 895. The van der Waals surface area contributed by atoms with E-state index in [0.29, 0.717) is 17.7 Å². The van der Waals surface area contributed by atoms with Gasteiger partial charge in [-0.3, -0.25) is 19.7 Å². The summed E-state index contributed by atoms with van der Waals surface area (Å²) in [6, 6.07) is 11.4. The molecule has 1 atom stereocenters. The monoisotopic (exact) mass is 368 g/mol. The highest BCUT2D eigenvalue weighted by atomic mass is 16.6. The number of nitro groups is 1. The zero-order valence-corrected chi connectivity index (χ0v) is 15.1. The minimum absolute atomic E-state index is 0.0588. The quantitative estimate of drug-likeness (QED) is 0.623. The molecule has 3 rings (SSSR count). The van der Waals surface area contributed by atoms with Gasteiger partial charge in [0.05, 0.1) is 11.5 Å². The SMILES string of the molecule is CNC(=O)c1ccc(NC(=O)CN2c3ccc([N+](=O)[O-])cc3C[C@H]2C)cc1. The van der Waals surface area contributed by atoms with Crippen molar-refractivity contribution >= 4 is 28.9 Å². The highest BCUT2D eigenvalue weighted by molar-refractivity contribution is 5.97. The Labute approximate surface area is 156 Å². The van der Waals surface area contributed by atoms with Crippen LogP contribution < -0.4 is 15.5 Å². The lowest BCUT2D eigenvalue weighted by Crippen LogP contribution is -2.37. The number of rotatable bonds is 5. The summed E-state index contributed by atoms with van der Waals surface area (Å²) in [4.78, 5) is 36.4. The average molecular weight is 368 g/mol. The molecule has 27 heavy (non-hydrogen) atoms. The lowest BCUT2D eigenvalue weighted by molar-refractivity contribution is -0.384. The van der Waals surface area contributed by atoms with E-state index in [1.54, 1.807) is 43.4 Å². The van der Waals surface area contributed by atoms with E-state index < -0.39 is 4.92 Å². The van der Waals surface area contributed by atoms with Crippen molar-refractivity contribution in [2.75, 3.05) is 23.8 Å². The Morgan fingerprint density at radius 3 is 2.56 bits per heavy atom. The molecule has 8 nitrogen and oxygen atoms in total. The van der Waals surface area contributed by atoms with Gasteiger partial charge in [-0.1, -0.05) is 0 Å². The summed E-state index contributed by atoms with van der Waals surface area (Å²) in [5.74, 6) is -0.384. The molecule has 2 N–H and O–H groups in total. The summed E-state index contributed by atoms with van der Waals surface area (Å²) in [6.07, 6.45) is 0.658. The summed E-state index contributed by atoms with van der Waals surface area (Å²) < 4.78 is 0. The Balaban J connectivity index is 1.68. The Hall–Kier alpha value is -3.42. The van der Waals surface area contributed by atoms with E-state index in [-0.39, 0.29) is 30.1 Å². The highest BCUT2D eigenvalue weighted by Crippen LogP contribution is 2.34. The molecule has 140 valence electrons. The number of non-ortho nitro benzene ring substituents is 1. The zero-order chi connectivity index (χ0) is 19.6. The van der Waals surface area contributed by atoms with Crippen LogP contribution in [0.3, 0.4) is 0 Å². The number of nitrogens with one attached hydrogen (secondary N) is 2. The fraction of sp³-hybridized carbons (Fsp3) is 0.263. The standard InChI is InChI=1S/C19H20N4O4/c1-12-9-14-10-16(23(26)27)7-8-17(14)22(12)11-18(24)21-15-5-3-13(4-6-15)19(25)20-2/h3-8,10,12H,9,11H2,1-2H3,(H,20,25)(H,21,24)/t12-/m1/s1. The molecular weight excluding hydrogens is 348 g/mol. The molecule has 0 unspecified atom stereocenters. The number of hydrogen-bond donors (Lipinski definition) is 2. The smallest absolute Gasteiger partial charge is 0.269 e. The van der Waals surface area contributed by atoms with Crippen molar-refractivity contribution in [2.24, 2.45) is 0 Å². The molecular formula is C19H20N4O4. The molecule has 0 spiro atoms. The van der Waals surface area contributed by atoms with Crippen LogP contribution in [0.1, 0.15) is 22.8 Å². The van der Waals surface area contributed by atoms with Crippen LogP contribution in [-0.4, -0.2) is 36.4 Å². The van der Waals surface area contributed by atoms with Crippen molar-refractivity contribution in [3.05, 3.63) is 63.7 Å². The topological polar surface area (TPSA) is 105 Å². The number of fused-ring (bicyclic) bond motifs is 1. The lowest BCUT2D eigenvalue weighted by atomic mass is 10.1. The number of amides is 2. The van der Waals surface area contributed by atoms with Crippen molar-refractivity contribution in [3.63, 3.8) is 0 Å². The highest BCUT2D eigenvalue weighted by Gasteiger charge is 2.29. The van der Waals surface area contributed by atoms with Gasteiger partial charge >= 0.3 is 0 Å². The van der Waals surface area contributed by atoms with E-state index in [1.165, 1.54) is 6.07 Å². The van der Waals surface area contributed by atoms with Crippen LogP contribution in [-0.2, 0) is 11.2 Å². The van der Waals surface area contributed by atoms with Crippen molar-refractivity contribution in [3.8, 4) is 0 Å². The van der Waals surface area contributed by atoms with Gasteiger partial charge in [0.2, 0.25) is 5.91 Å². The largest absolute Gasteiger partial charge is 0.359 e. The Morgan fingerprint density at radius 1 is 1.22 bits per heavy atom. The molecule has 2 aromatic rings. The molecule has 0 radical (unpaired) electrons. The van der Waals surface area contributed by atoms with Crippen LogP contribution in [0.2, 0.25) is 0 Å². The van der Waals surface area contributed by atoms with Gasteiger partial charge in [0.25, 0.3) is 11.6 Å². The first-order chi connectivity index (χ1) is 12.9. The fourth-order valence-electron chi connectivity index (χ4n) is 3.24. The molecule has 0 saturated heterocycles. The van der Waals surface area contributed by atoms with E-state index in [4.69, 9.17) is 0 Å². The number of benzene rings is 2. The number of anilines is 2. The van der Waals surface area contributed by atoms with Crippen LogP contribution in [0.4, 0.5) is 17.1 Å². The van der Waals surface area contributed by atoms with Gasteiger partial charge < -0.3 is 15.5 Å².